The van der Waals surface area contributed by atoms with Crippen LogP contribution in [0.5, 0.6) is 0 Å². The summed E-state index contributed by atoms with van der Waals surface area (Å²) in [6.45, 7) is 0.849. The number of nitrogens with two attached hydrogens (primary N) is 1. The van der Waals surface area contributed by atoms with Gasteiger partial charge in [0.2, 0.25) is 10.0 Å². The summed E-state index contributed by atoms with van der Waals surface area (Å²) in [6.07, 6.45) is -1.82. The van der Waals surface area contributed by atoms with Crippen molar-refractivity contribution < 1.29 is 23.6 Å². The molecule has 2 aromatic carbocycles. The quantitative estimate of drug-likeness (QED) is 0.380. The van der Waals surface area contributed by atoms with Gasteiger partial charge in [0.15, 0.2) is 0 Å². The molecule has 3 atom stereocenters. The number of benzene rings is 2. The van der Waals surface area contributed by atoms with Crippen LogP contribution in [0, 0.1) is 10.1 Å². The van der Waals surface area contributed by atoms with Crippen molar-refractivity contribution in [3.8, 4) is 0 Å². The zero-order valence-corrected chi connectivity index (χ0v) is 16.8. The third-order valence-corrected chi connectivity index (χ3v) is 6.20. The van der Waals surface area contributed by atoms with E-state index < -0.39 is 33.2 Å². The minimum absolute atomic E-state index is 0.174. The second-order valence-electron chi connectivity index (χ2n) is 6.84. The predicted molar refractivity (Wildman–Crippen MR) is 108 cm³/mol. The molecule has 0 saturated heterocycles. The molecule has 4 N–H and O–H groups in total. The first kappa shape index (κ1) is 22.9. The molecule has 0 heterocycles. The molecule has 0 fully saturated rings. The van der Waals surface area contributed by atoms with Crippen molar-refractivity contribution in [3.05, 3.63) is 70.3 Å². The minimum Gasteiger partial charge on any atom is -0.392 e. The number of nitro groups is 1. The predicted octanol–water partition coefficient (Wildman–Crippen LogP) is 0.897. The van der Waals surface area contributed by atoms with Gasteiger partial charge in [-0.05, 0) is 31.0 Å². The highest BCUT2D eigenvalue weighted by molar-refractivity contribution is 7.89. The summed E-state index contributed by atoms with van der Waals surface area (Å²) < 4.78 is 26.9. The first-order chi connectivity index (χ1) is 13.6. The maximum absolute atomic E-state index is 13.0. The van der Waals surface area contributed by atoms with Crippen LogP contribution in [0.3, 0.4) is 0 Å². The highest BCUT2D eigenvalue weighted by Crippen LogP contribution is 2.21. The van der Waals surface area contributed by atoms with Gasteiger partial charge in [-0.25, -0.2) is 8.42 Å². The number of nitro benzene ring substituents is 1. The molecule has 0 radical (unpaired) electrons. The summed E-state index contributed by atoms with van der Waals surface area (Å²) in [6, 6.07) is 12.9. The van der Waals surface area contributed by atoms with Crippen LogP contribution >= 0.6 is 0 Å². The zero-order chi connectivity index (χ0) is 21.6. The fourth-order valence-electron chi connectivity index (χ4n) is 2.82. The highest BCUT2D eigenvalue weighted by Gasteiger charge is 2.30. The number of sulfonamides is 1. The van der Waals surface area contributed by atoms with Crippen LogP contribution in [0.4, 0.5) is 5.69 Å². The van der Waals surface area contributed by atoms with Crippen LogP contribution in [-0.2, 0) is 16.4 Å². The van der Waals surface area contributed by atoms with E-state index in [0.717, 1.165) is 34.1 Å². The lowest BCUT2D eigenvalue weighted by atomic mass is 10.0. The number of nitrogens with zero attached hydrogens (tertiary/aromatic N) is 2. The van der Waals surface area contributed by atoms with E-state index in [-0.39, 0.29) is 23.7 Å². The second-order valence-corrected chi connectivity index (χ2v) is 8.78. The Bertz CT molecular complexity index is 903. The Kier molecular flexibility index (Phi) is 7.82. The Morgan fingerprint density at radius 3 is 2.17 bits per heavy atom. The number of aliphatic hydroxyl groups excluding tert-OH is 2. The van der Waals surface area contributed by atoms with E-state index in [1.165, 1.54) is 6.92 Å². The van der Waals surface area contributed by atoms with Gasteiger partial charge in [-0.15, -0.1) is 0 Å². The molecule has 0 aliphatic rings. The summed E-state index contributed by atoms with van der Waals surface area (Å²) in [7, 11) is -4.10. The SMILES string of the molecule is CC(O)CN(CC(O)C(N)Cc1ccccc1)S(=O)(=O)c1ccc([N+](=O)[O-])cc1. The van der Waals surface area contributed by atoms with Gasteiger partial charge in [-0.3, -0.25) is 10.1 Å². The molecule has 0 amide bonds. The first-order valence-corrected chi connectivity index (χ1v) is 10.5. The molecule has 0 bridgehead atoms. The lowest BCUT2D eigenvalue weighted by molar-refractivity contribution is -0.384. The Morgan fingerprint density at radius 2 is 1.66 bits per heavy atom. The molecule has 0 aromatic heterocycles. The Hall–Kier alpha value is -2.37. The van der Waals surface area contributed by atoms with Gasteiger partial charge in [0.25, 0.3) is 5.69 Å². The van der Waals surface area contributed by atoms with Gasteiger partial charge >= 0.3 is 0 Å². The molecule has 0 aliphatic heterocycles. The molecular formula is C19H25N3O6S. The van der Waals surface area contributed by atoms with Crippen molar-refractivity contribution in [2.45, 2.75) is 36.5 Å². The van der Waals surface area contributed by atoms with E-state index in [4.69, 9.17) is 5.73 Å². The molecule has 2 rings (SSSR count). The van der Waals surface area contributed by atoms with Crippen molar-refractivity contribution in [1.82, 2.24) is 4.31 Å². The fraction of sp³-hybridized carbons (Fsp3) is 0.368. The molecular weight excluding hydrogens is 398 g/mol. The zero-order valence-electron chi connectivity index (χ0n) is 16.0. The van der Waals surface area contributed by atoms with E-state index in [9.17, 15) is 28.7 Å². The normalized spacial score (nSPS) is 15.1. The fourth-order valence-corrected chi connectivity index (χ4v) is 4.36. The Labute approximate surface area is 169 Å². The molecule has 9 nitrogen and oxygen atoms in total. The van der Waals surface area contributed by atoms with Gasteiger partial charge in [-0.1, -0.05) is 30.3 Å². The number of aliphatic hydroxyl groups is 2. The Balaban J connectivity index is 2.19. The lowest BCUT2D eigenvalue weighted by Gasteiger charge is -2.28. The van der Waals surface area contributed by atoms with Crippen molar-refractivity contribution in [3.63, 3.8) is 0 Å². The van der Waals surface area contributed by atoms with Crippen molar-refractivity contribution in [2.75, 3.05) is 13.1 Å². The molecule has 2 aromatic rings. The summed E-state index contributed by atoms with van der Waals surface area (Å²) in [5.41, 5.74) is 6.72. The molecule has 29 heavy (non-hydrogen) atoms. The van der Waals surface area contributed by atoms with Crippen LogP contribution in [0.2, 0.25) is 0 Å². The Morgan fingerprint density at radius 1 is 1.07 bits per heavy atom. The molecule has 158 valence electrons. The van der Waals surface area contributed by atoms with Gasteiger partial charge < -0.3 is 15.9 Å². The largest absolute Gasteiger partial charge is 0.392 e. The van der Waals surface area contributed by atoms with E-state index in [2.05, 4.69) is 0 Å². The van der Waals surface area contributed by atoms with Crippen LogP contribution < -0.4 is 5.73 Å². The number of non-ortho nitro benzene ring substituents is 1. The summed E-state index contributed by atoms with van der Waals surface area (Å²) in [5.74, 6) is 0. The maximum atomic E-state index is 13.0. The average molecular weight is 423 g/mol. The molecule has 0 aliphatic carbocycles. The minimum atomic E-state index is -4.10. The number of rotatable bonds is 10. The summed E-state index contributed by atoms with van der Waals surface area (Å²) in [4.78, 5) is 9.98. The number of hydrogen-bond acceptors (Lipinski definition) is 7. The number of hydrogen-bond donors (Lipinski definition) is 3. The van der Waals surface area contributed by atoms with E-state index in [1.54, 1.807) is 0 Å². The van der Waals surface area contributed by atoms with Gasteiger partial charge in [0.1, 0.15) is 0 Å². The maximum Gasteiger partial charge on any atom is 0.269 e. The van der Waals surface area contributed by atoms with Crippen molar-refractivity contribution >= 4 is 15.7 Å². The standard InChI is InChI=1S/C19H25N3O6S/c1-14(23)12-21(13-19(24)18(20)11-15-5-3-2-4-6-15)29(27,28)17-9-7-16(8-10-17)22(25)26/h2-10,14,18-19,23-24H,11-13,20H2,1H3. The average Bonchev–Trinajstić information content (AvgIpc) is 2.67. The molecule has 0 saturated carbocycles. The van der Waals surface area contributed by atoms with E-state index >= 15 is 0 Å². The van der Waals surface area contributed by atoms with Crippen LogP contribution in [-0.4, -0.2) is 59.2 Å². The van der Waals surface area contributed by atoms with Gasteiger partial charge in [0, 0.05) is 31.3 Å². The molecule has 10 heteroatoms. The third-order valence-electron chi connectivity index (χ3n) is 4.35. The topological polar surface area (TPSA) is 147 Å². The monoisotopic (exact) mass is 423 g/mol. The van der Waals surface area contributed by atoms with Gasteiger partial charge in [-0.2, -0.15) is 4.31 Å². The van der Waals surface area contributed by atoms with Crippen molar-refractivity contribution in [2.24, 2.45) is 5.73 Å². The van der Waals surface area contributed by atoms with Crippen LogP contribution in [0.15, 0.2) is 59.5 Å². The molecule has 3 unspecified atom stereocenters. The van der Waals surface area contributed by atoms with E-state index in [0.29, 0.717) is 6.42 Å². The third kappa shape index (κ3) is 6.31. The lowest BCUT2D eigenvalue weighted by Crippen LogP contribution is -2.48. The van der Waals surface area contributed by atoms with Gasteiger partial charge in [0.05, 0.1) is 22.0 Å². The van der Waals surface area contributed by atoms with Crippen LogP contribution in [0.25, 0.3) is 0 Å². The van der Waals surface area contributed by atoms with Crippen molar-refractivity contribution in [1.29, 1.82) is 0 Å². The molecule has 0 spiro atoms. The smallest absolute Gasteiger partial charge is 0.269 e. The summed E-state index contributed by atoms with van der Waals surface area (Å²) in [5, 5.41) is 31.0. The highest BCUT2D eigenvalue weighted by atomic mass is 32.2. The summed E-state index contributed by atoms with van der Waals surface area (Å²) >= 11 is 0. The van der Waals surface area contributed by atoms with E-state index in [1.807, 2.05) is 30.3 Å². The first-order valence-electron chi connectivity index (χ1n) is 9.01. The van der Waals surface area contributed by atoms with Crippen LogP contribution in [0.1, 0.15) is 12.5 Å². The second kappa shape index (κ2) is 9.90.